The minimum absolute atomic E-state index is 0.149. The molecule has 0 bridgehead atoms. The van der Waals surface area contributed by atoms with Crippen molar-refractivity contribution in [1.82, 2.24) is 0 Å². The highest BCUT2D eigenvalue weighted by Crippen LogP contribution is 2.27. The summed E-state index contributed by atoms with van der Waals surface area (Å²) in [4.78, 5) is 22.9. The quantitative estimate of drug-likeness (QED) is 0.471. The molecular formula is C21H19N3O2. The molecule has 26 heavy (non-hydrogen) atoms. The summed E-state index contributed by atoms with van der Waals surface area (Å²) < 4.78 is 0. The molecular weight excluding hydrogens is 326 g/mol. The lowest BCUT2D eigenvalue weighted by Gasteiger charge is -2.14. The highest BCUT2D eigenvalue weighted by atomic mass is 16.1. The van der Waals surface area contributed by atoms with Gasteiger partial charge in [0, 0.05) is 6.54 Å². The van der Waals surface area contributed by atoms with E-state index in [1.54, 1.807) is 6.07 Å². The van der Waals surface area contributed by atoms with E-state index in [0.717, 1.165) is 16.7 Å². The number of anilines is 2. The average molecular weight is 345 g/mol. The Hall–Kier alpha value is -3.60. The lowest BCUT2D eigenvalue weighted by Crippen LogP contribution is -2.16. The molecule has 5 nitrogen and oxygen atoms in total. The standard InChI is InChI=1S/C21H19N3O2/c22-19-11-10-17(21(23)26)18(13-25)20(19)24-12-14-6-8-16(9-7-14)15-4-2-1-3-5-15/h1-11,13,24H,12,22H2,(H2,23,26). The van der Waals surface area contributed by atoms with Crippen LogP contribution in [0.1, 0.15) is 26.3 Å². The molecule has 0 aliphatic carbocycles. The van der Waals surface area contributed by atoms with Crippen molar-refractivity contribution in [2.75, 3.05) is 11.1 Å². The first kappa shape index (κ1) is 17.2. The van der Waals surface area contributed by atoms with Crippen molar-refractivity contribution in [1.29, 1.82) is 0 Å². The molecule has 5 N–H and O–H groups in total. The molecule has 0 atom stereocenters. The molecule has 0 fully saturated rings. The van der Waals surface area contributed by atoms with Crippen LogP contribution in [0.2, 0.25) is 0 Å². The highest BCUT2D eigenvalue weighted by molar-refractivity contribution is 6.05. The summed E-state index contributed by atoms with van der Waals surface area (Å²) in [5, 5.41) is 3.14. The fourth-order valence-electron chi connectivity index (χ4n) is 2.81. The van der Waals surface area contributed by atoms with Crippen molar-refractivity contribution in [3.63, 3.8) is 0 Å². The monoisotopic (exact) mass is 345 g/mol. The summed E-state index contributed by atoms with van der Waals surface area (Å²) in [6, 6.07) is 21.2. The van der Waals surface area contributed by atoms with Gasteiger partial charge >= 0.3 is 0 Å². The van der Waals surface area contributed by atoms with E-state index in [2.05, 4.69) is 17.4 Å². The Balaban J connectivity index is 1.80. The number of nitrogen functional groups attached to an aromatic ring is 1. The Morgan fingerprint density at radius 1 is 0.923 bits per heavy atom. The smallest absolute Gasteiger partial charge is 0.249 e. The average Bonchev–Trinajstić information content (AvgIpc) is 2.67. The van der Waals surface area contributed by atoms with Crippen molar-refractivity contribution < 1.29 is 9.59 Å². The second-order valence-corrected chi connectivity index (χ2v) is 5.89. The second-order valence-electron chi connectivity index (χ2n) is 5.89. The summed E-state index contributed by atoms with van der Waals surface area (Å²) in [7, 11) is 0. The number of carbonyl (C=O) groups excluding carboxylic acids is 2. The largest absolute Gasteiger partial charge is 0.397 e. The van der Waals surface area contributed by atoms with Crippen LogP contribution in [0.3, 0.4) is 0 Å². The molecule has 0 aliphatic rings. The molecule has 3 aromatic carbocycles. The first-order valence-corrected chi connectivity index (χ1v) is 8.16. The van der Waals surface area contributed by atoms with Crippen LogP contribution < -0.4 is 16.8 Å². The van der Waals surface area contributed by atoms with E-state index in [9.17, 15) is 9.59 Å². The van der Waals surface area contributed by atoms with Gasteiger partial charge in [0.1, 0.15) is 0 Å². The number of carbonyl (C=O) groups is 2. The van der Waals surface area contributed by atoms with Crippen LogP contribution in [0.5, 0.6) is 0 Å². The van der Waals surface area contributed by atoms with Gasteiger partial charge in [-0.05, 0) is 28.8 Å². The normalized spacial score (nSPS) is 10.3. The van der Waals surface area contributed by atoms with E-state index in [4.69, 9.17) is 11.5 Å². The molecule has 0 unspecified atom stereocenters. The predicted octanol–water partition coefficient (Wildman–Crippen LogP) is 3.46. The van der Waals surface area contributed by atoms with Gasteiger partial charge in [0.15, 0.2) is 6.29 Å². The third kappa shape index (κ3) is 3.57. The Kier molecular flexibility index (Phi) is 4.99. The number of benzene rings is 3. The van der Waals surface area contributed by atoms with E-state index in [1.165, 1.54) is 6.07 Å². The second kappa shape index (κ2) is 7.53. The summed E-state index contributed by atoms with van der Waals surface area (Å²) in [5.74, 6) is -0.664. The summed E-state index contributed by atoms with van der Waals surface area (Å²) in [6.07, 6.45) is 0.595. The van der Waals surface area contributed by atoms with Crippen LogP contribution in [0.25, 0.3) is 11.1 Å². The highest BCUT2D eigenvalue weighted by Gasteiger charge is 2.14. The molecule has 0 saturated heterocycles. The van der Waals surface area contributed by atoms with E-state index in [1.807, 2.05) is 42.5 Å². The van der Waals surface area contributed by atoms with Gasteiger partial charge in [-0.25, -0.2) is 0 Å². The lowest BCUT2D eigenvalue weighted by atomic mass is 10.0. The Morgan fingerprint density at radius 2 is 1.58 bits per heavy atom. The molecule has 0 radical (unpaired) electrons. The van der Waals surface area contributed by atoms with Crippen LogP contribution in [0.15, 0.2) is 66.7 Å². The third-order valence-corrected chi connectivity index (χ3v) is 4.19. The van der Waals surface area contributed by atoms with Crippen molar-refractivity contribution in [2.24, 2.45) is 5.73 Å². The number of aldehydes is 1. The van der Waals surface area contributed by atoms with Crippen LogP contribution in [0, 0.1) is 0 Å². The van der Waals surface area contributed by atoms with Gasteiger partial charge in [-0.2, -0.15) is 0 Å². The van der Waals surface area contributed by atoms with E-state index < -0.39 is 5.91 Å². The van der Waals surface area contributed by atoms with E-state index in [0.29, 0.717) is 24.2 Å². The molecule has 130 valence electrons. The van der Waals surface area contributed by atoms with Crippen LogP contribution >= 0.6 is 0 Å². The molecule has 0 saturated carbocycles. The predicted molar refractivity (Wildman–Crippen MR) is 104 cm³/mol. The molecule has 3 aromatic rings. The van der Waals surface area contributed by atoms with Gasteiger partial charge in [-0.1, -0.05) is 54.6 Å². The van der Waals surface area contributed by atoms with Gasteiger partial charge in [0.25, 0.3) is 0 Å². The molecule has 3 rings (SSSR count). The number of nitrogens with one attached hydrogen (secondary N) is 1. The molecule has 0 aromatic heterocycles. The first-order chi connectivity index (χ1) is 12.6. The maximum Gasteiger partial charge on any atom is 0.249 e. The zero-order valence-electron chi connectivity index (χ0n) is 14.1. The lowest BCUT2D eigenvalue weighted by molar-refractivity contribution is 0.0993. The fourth-order valence-corrected chi connectivity index (χ4v) is 2.81. The Bertz CT molecular complexity index is 935. The number of amides is 1. The summed E-state index contributed by atoms with van der Waals surface area (Å²) in [6.45, 7) is 0.461. The Morgan fingerprint density at radius 3 is 2.19 bits per heavy atom. The molecule has 1 amide bonds. The van der Waals surface area contributed by atoms with Gasteiger partial charge in [0.05, 0.1) is 22.5 Å². The minimum Gasteiger partial charge on any atom is -0.397 e. The topological polar surface area (TPSA) is 98.2 Å². The van der Waals surface area contributed by atoms with Crippen molar-refractivity contribution in [2.45, 2.75) is 6.54 Å². The van der Waals surface area contributed by atoms with Gasteiger partial charge < -0.3 is 16.8 Å². The zero-order chi connectivity index (χ0) is 18.5. The first-order valence-electron chi connectivity index (χ1n) is 8.16. The van der Waals surface area contributed by atoms with Crippen molar-refractivity contribution >= 4 is 23.6 Å². The molecule has 0 heterocycles. The Labute approximate surface area is 151 Å². The zero-order valence-corrected chi connectivity index (χ0v) is 14.1. The van der Waals surface area contributed by atoms with Crippen LogP contribution in [-0.4, -0.2) is 12.2 Å². The molecule has 5 heteroatoms. The number of hydrogen-bond donors (Lipinski definition) is 3. The molecule has 0 spiro atoms. The number of primary amides is 1. The summed E-state index contributed by atoms with van der Waals surface area (Å²) in [5.41, 5.74) is 15.7. The fraction of sp³-hybridized carbons (Fsp3) is 0.0476. The van der Waals surface area contributed by atoms with Crippen LogP contribution in [-0.2, 0) is 6.54 Å². The number of rotatable bonds is 6. The maximum absolute atomic E-state index is 11.5. The summed E-state index contributed by atoms with van der Waals surface area (Å²) >= 11 is 0. The maximum atomic E-state index is 11.5. The van der Waals surface area contributed by atoms with Crippen molar-refractivity contribution in [3.05, 3.63) is 83.4 Å². The van der Waals surface area contributed by atoms with Gasteiger partial charge in [-0.15, -0.1) is 0 Å². The number of nitrogens with two attached hydrogens (primary N) is 2. The van der Waals surface area contributed by atoms with E-state index in [-0.39, 0.29) is 11.1 Å². The van der Waals surface area contributed by atoms with Gasteiger partial charge in [-0.3, -0.25) is 9.59 Å². The van der Waals surface area contributed by atoms with Crippen molar-refractivity contribution in [3.8, 4) is 11.1 Å². The molecule has 0 aliphatic heterocycles. The number of hydrogen-bond acceptors (Lipinski definition) is 4. The van der Waals surface area contributed by atoms with Gasteiger partial charge in [0.2, 0.25) is 5.91 Å². The minimum atomic E-state index is -0.664. The van der Waals surface area contributed by atoms with Crippen LogP contribution in [0.4, 0.5) is 11.4 Å². The third-order valence-electron chi connectivity index (χ3n) is 4.19. The van der Waals surface area contributed by atoms with E-state index >= 15 is 0 Å². The SMILES string of the molecule is NC(=O)c1ccc(N)c(NCc2ccc(-c3ccccc3)cc2)c1C=O.